The van der Waals surface area contributed by atoms with Crippen molar-refractivity contribution >= 4 is 42.4 Å². The number of thiazole rings is 1. The lowest BCUT2D eigenvalue weighted by Crippen LogP contribution is -2.30. The first-order valence-electron chi connectivity index (χ1n) is 10.2. The second-order valence-electron chi connectivity index (χ2n) is 8.02. The maximum absolute atomic E-state index is 13.5. The Morgan fingerprint density at radius 3 is 2.47 bits per heavy atom. The highest BCUT2D eigenvalue weighted by molar-refractivity contribution is 7.92. The molecule has 0 atom stereocenters. The van der Waals surface area contributed by atoms with Crippen LogP contribution in [0.1, 0.15) is 41.1 Å². The zero-order chi connectivity index (χ0) is 23.0. The molecular weight excluding hydrogens is 444 g/mol. The molecule has 0 unspecified atom stereocenters. The van der Waals surface area contributed by atoms with Crippen LogP contribution in [0.25, 0.3) is 10.2 Å². The number of sulfone groups is 1. The number of nitrogens with zero attached hydrogens (tertiary/aromatic N) is 2. The van der Waals surface area contributed by atoms with Crippen molar-refractivity contribution in [1.82, 2.24) is 4.98 Å². The fraction of sp³-hybridized carbons (Fsp3) is 0.250. The van der Waals surface area contributed by atoms with Gasteiger partial charge in [-0.25, -0.2) is 13.4 Å². The summed E-state index contributed by atoms with van der Waals surface area (Å²) in [6.45, 7) is 7.54. The smallest absolute Gasteiger partial charge is 0.260 e. The molecule has 0 fully saturated rings. The van der Waals surface area contributed by atoms with Crippen molar-refractivity contribution in [2.75, 3.05) is 4.90 Å². The van der Waals surface area contributed by atoms with Crippen LogP contribution in [0.4, 0.5) is 5.13 Å². The Morgan fingerprint density at radius 2 is 1.84 bits per heavy atom. The number of rotatable bonds is 6. The van der Waals surface area contributed by atoms with E-state index in [1.807, 2.05) is 19.9 Å². The molecule has 32 heavy (non-hydrogen) atoms. The highest BCUT2D eigenvalue weighted by atomic mass is 32.2. The number of aryl methyl sites for hydroxylation is 2. The van der Waals surface area contributed by atoms with Gasteiger partial charge in [0.05, 0.1) is 33.2 Å². The number of aromatic nitrogens is 1. The van der Waals surface area contributed by atoms with Crippen LogP contribution in [0, 0.1) is 13.8 Å². The largest absolute Gasteiger partial charge is 0.467 e. The van der Waals surface area contributed by atoms with Gasteiger partial charge in [0.1, 0.15) is 5.76 Å². The van der Waals surface area contributed by atoms with Crippen molar-refractivity contribution in [1.29, 1.82) is 0 Å². The summed E-state index contributed by atoms with van der Waals surface area (Å²) in [7, 11) is -3.41. The average Bonchev–Trinajstić information content (AvgIpc) is 3.41. The van der Waals surface area contributed by atoms with Gasteiger partial charge < -0.3 is 4.42 Å². The number of benzene rings is 2. The Kier molecular flexibility index (Phi) is 5.92. The monoisotopic (exact) mass is 468 g/mol. The summed E-state index contributed by atoms with van der Waals surface area (Å²) in [6, 6.07) is 13.8. The molecule has 2 aromatic carbocycles. The number of carbonyl (C=O) groups is 1. The number of carbonyl (C=O) groups excluding carboxylic acids is 1. The molecule has 1 amide bonds. The second-order valence-corrected chi connectivity index (χ2v) is 11.5. The fourth-order valence-electron chi connectivity index (χ4n) is 3.48. The first-order valence-corrected chi connectivity index (χ1v) is 12.6. The van der Waals surface area contributed by atoms with Crippen molar-refractivity contribution in [2.45, 2.75) is 44.4 Å². The molecule has 4 aromatic rings. The Morgan fingerprint density at radius 1 is 1.12 bits per heavy atom. The molecule has 2 aromatic heterocycles. The van der Waals surface area contributed by atoms with Crippen LogP contribution in [0.5, 0.6) is 0 Å². The Labute approximate surface area is 191 Å². The Hall–Kier alpha value is -2.97. The topological polar surface area (TPSA) is 80.5 Å². The highest BCUT2D eigenvalue weighted by Gasteiger charge is 2.25. The second kappa shape index (κ2) is 8.52. The molecular formula is C24H24N2O4S2. The first kappa shape index (κ1) is 22.2. The minimum Gasteiger partial charge on any atom is -0.467 e. The number of anilines is 1. The van der Waals surface area contributed by atoms with Crippen molar-refractivity contribution < 1.29 is 17.6 Å². The van der Waals surface area contributed by atoms with Crippen molar-refractivity contribution in [2.24, 2.45) is 0 Å². The van der Waals surface area contributed by atoms with E-state index in [0.29, 0.717) is 16.5 Å². The molecule has 0 aliphatic carbocycles. The fourth-order valence-corrected chi connectivity index (χ4v) is 5.55. The van der Waals surface area contributed by atoms with Gasteiger partial charge >= 0.3 is 0 Å². The minimum absolute atomic E-state index is 0.202. The van der Waals surface area contributed by atoms with Crippen LogP contribution in [-0.2, 0) is 16.4 Å². The quantitative estimate of drug-likeness (QED) is 0.371. The van der Waals surface area contributed by atoms with Gasteiger partial charge in [0, 0.05) is 5.56 Å². The van der Waals surface area contributed by atoms with Crippen molar-refractivity contribution in [3.8, 4) is 0 Å². The summed E-state index contributed by atoms with van der Waals surface area (Å²) in [5.74, 6) is 0.354. The third kappa shape index (κ3) is 4.20. The van der Waals surface area contributed by atoms with Gasteiger partial charge in [-0.05, 0) is 81.3 Å². The molecule has 0 saturated carbocycles. The number of amides is 1. The molecule has 0 aliphatic rings. The molecule has 0 radical (unpaired) electrons. The van der Waals surface area contributed by atoms with E-state index in [9.17, 15) is 13.2 Å². The molecule has 4 rings (SSSR count). The predicted molar refractivity (Wildman–Crippen MR) is 127 cm³/mol. The number of hydrogen-bond donors (Lipinski definition) is 0. The Balaban J connectivity index is 1.74. The molecule has 2 heterocycles. The van der Waals surface area contributed by atoms with E-state index in [0.717, 1.165) is 21.3 Å². The third-order valence-electron chi connectivity index (χ3n) is 5.23. The average molecular weight is 469 g/mol. The summed E-state index contributed by atoms with van der Waals surface area (Å²) in [5, 5.41) is 0.0305. The summed E-state index contributed by atoms with van der Waals surface area (Å²) < 4.78 is 31.4. The van der Waals surface area contributed by atoms with E-state index in [1.165, 1.54) is 23.5 Å². The molecule has 8 heteroatoms. The van der Waals surface area contributed by atoms with E-state index in [2.05, 4.69) is 6.07 Å². The molecule has 166 valence electrons. The van der Waals surface area contributed by atoms with Crippen LogP contribution in [0.3, 0.4) is 0 Å². The summed E-state index contributed by atoms with van der Waals surface area (Å²) >= 11 is 1.45. The minimum atomic E-state index is -3.41. The number of furan rings is 1. The molecule has 6 nitrogen and oxygen atoms in total. The van der Waals surface area contributed by atoms with Gasteiger partial charge in [0.15, 0.2) is 15.0 Å². The zero-order valence-corrected chi connectivity index (χ0v) is 20.0. The number of hydrogen-bond acceptors (Lipinski definition) is 6. The van der Waals surface area contributed by atoms with Gasteiger partial charge in [-0.3, -0.25) is 9.69 Å². The van der Waals surface area contributed by atoms with E-state index in [4.69, 9.17) is 9.40 Å². The van der Waals surface area contributed by atoms with Gasteiger partial charge in [0.25, 0.3) is 5.91 Å². The molecule has 0 aliphatic heterocycles. The van der Waals surface area contributed by atoms with E-state index in [-0.39, 0.29) is 17.3 Å². The maximum atomic E-state index is 13.5. The number of fused-ring (bicyclic) bond motifs is 1. The summed E-state index contributed by atoms with van der Waals surface area (Å²) in [5.41, 5.74) is 3.44. The van der Waals surface area contributed by atoms with E-state index >= 15 is 0 Å². The predicted octanol–water partition coefficient (Wildman–Crippen LogP) is 5.54. The van der Waals surface area contributed by atoms with Gasteiger partial charge in [-0.1, -0.05) is 17.4 Å². The van der Waals surface area contributed by atoms with Crippen LogP contribution >= 0.6 is 11.3 Å². The maximum Gasteiger partial charge on any atom is 0.260 e. The van der Waals surface area contributed by atoms with Crippen LogP contribution in [-0.4, -0.2) is 24.6 Å². The van der Waals surface area contributed by atoms with Gasteiger partial charge in [0.2, 0.25) is 0 Å². The van der Waals surface area contributed by atoms with E-state index < -0.39 is 15.1 Å². The molecule has 0 saturated heterocycles. The summed E-state index contributed by atoms with van der Waals surface area (Å²) in [4.78, 5) is 20.0. The SMILES string of the molecule is Cc1cc(C)c2sc(N(Cc3ccco3)C(=O)c3ccc(S(=O)(=O)C(C)C)cc3)nc2c1. The first-order chi connectivity index (χ1) is 15.2. The molecule has 0 N–H and O–H groups in total. The zero-order valence-electron chi connectivity index (χ0n) is 18.3. The standard InChI is InChI=1S/C24H24N2O4S2/c1-15(2)32(28,29)20-9-7-18(8-10-20)23(27)26(14-19-6-5-11-30-19)24-25-21-13-16(3)12-17(4)22(21)31-24/h5-13,15H,14H2,1-4H3. The molecule has 0 bridgehead atoms. The van der Waals surface area contributed by atoms with Crippen LogP contribution < -0.4 is 4.90 Å². The van der Waals surface area contributed by atoms with Crippen LogP contribution in [0.15, 0.2) is 64.1 Å². The van der Waals surface area contributed by atoms with Crippen molar-refractivity contribution in [3.63, 3.8) is 0 Å². The van der Waals surface area contributed by atoms with Crippen molar-refractivity contribution in [3.05, 3.63) is 77.2 Å². The van der Waals surface area contributed by atoms with E-state index in [1.54, 1.807) is 49.3 Å². The highest BCUT2D eigenvalue weighted by Crippen LogP contribution is 2.33. The summed E-state index contributed by atoms with van der Waals surface area (Å²) in [6.07, 6.45) is 1.56. The lowest BCUT2D eigenvalue weighted by Gasteiger charge is -2.19. The van der Waals surface area contributed by atoms with Crippen LogP contribution in [0.2, 0.25) is 0 Å². The lowest BCUT2D eigenvalue weighted by molar-refractivity contribution is 0.0983. The molecule has 0 spiro atoms. The third-order valence-corrected chi connectivity index (χ3v) is 8.63. The van der Waals surface area contributed by atoms with Gasteiger partial charge in [-0.2, -0.15) is 0 Å². The van der Waals surface area contributed by atoms with Gasteiger partial charge in [-0.15, -0.1) is 0 Å². The lowest BCUT2D eigenvalue weighted by atomic mass is 10.1. The normalized spacial score (nSPS) is 11.9. The Bertz CT molecular complexity index is 1370.